The van der Waals surface area contributed by atoms with E-state index in [0.717, 1.165) is 4.90 Å². The molecule has 162 valence electrons. The fraction of sp³-hybridized carbons (Fsp3) is 0.0435. The van der Waals surface area contributed by atoms with E-state index in [1.807, 2.05) is 0 Å². The number of nitrogens with zero attached hydrogens (tertiary/aromatic N) is 1. The number of hydrogen-bond acceptors (Lipinski definition) is 3. The predicted molar refractivity (Wildman–Crippen MR) is 125 cm³/mol. The Kier molecular flexibility index (Phi) is 6.50. The van der Waals surface area contributed by atoms with Crippen LogP contribution in [0.1, 0.15) is 11.1 Å². The van der Waals surface area contributed by atoms with Crippen LogP contribution in [0.5, 0.6) is 5.75 Å². The monoisotopic (exact) mass is 534 g/mol. The molecule has 0 aromatic heterocycles. The van der Waals surface area contributed by atoms with E-state index in [1.165, 1.54) is 18.2 Å². The SMILES string of the molecule is O=C1N/C(=C/c2cc(Cl)c(OCc3ccccc3F)c(Br)c2)C(=O)N1c1cccc(Cl)c1. The molecule has 5 nitrogen and oxygen atoms in total. The Hall–Kier alpha value is -2.87. The number of benzene rings is 3. The Balaban J connectivity index is 1.56. The lowest BCUT2D eigenvalue weighted by atomic mass is 10.1. The van der Waals surface area contributed by atoms with Gasteiger partial charge < -0.3 is 10.1 Å². The summed E-state index contributed by atoms with van der Waals surface area (Å²) in [4.78, 5) is 26.1. The van der Waals surface area contributed by atoms with E-state index >= 15 is 0 Å². The summed E-state index contributed by atoms with van der Waals surface area (Å²) in [6, 6.07) is 15.4. The number of halogens is 4. The summed E-state index contributed by atoms with van der Waals surface area (Å²) < 4.78 is 20.0. The lowest BCUT2D eigenvalue weighted by molar-refractivity contribution is -0.113. The van der Waals surface area contributed by atoms with Crippen LogP contribution in [0.25, 0.3) is 6.08 Å². The van der Waals surface area contributed by atoms with E-state index in [1.54, 1.807) is 48.5 Å². The number of anilines is 1. The van der Waals surface area contributed by atoms with Gasteiger partial charge in [0, 0.05) is 10.6 Å². The van der Waals surface area contributed by atoms with Gasteiger partial charge in [-0.25, -0.2) is 14.1 Å². The van der Waals surface area contributed by atoms with E-state index in [-0.39, 0.29) is 23.1 Å². The van der Waals surface area contributed by atoms with Crippen LogP contribution in [0, 0.1) is 5.82 Å². The van der Waals surface area contributed by atoms with Crippen molar-refractivity contribution in [2.24, 2.45) is 0 Å². The van der Waals surface area contributed by atoms with Crippen molar-refractivity contribution in [3.05, 3.63) is 97.8 Å². The summed E-state index contributed by atoms with van der Waals surface area (Å²) in [6.45, 7) is -0.00539. The molecule has 9 heteroatoms. The molecule has 4 rings (SSSR count). The molecule has 0 radical (unpaired) electrons. The summed E-state index contributed by atoms with van der Waals surface area (Å²) in [6.07, 6.45) is 1.50. The fourth-order valence-corrected chi connectivity index (χ4v) is 4.29. The molecule has 0 saturated carbocycles. The lowest BCUT2D eigenvalue weighted by Gasteiger charge is -2.12. The molecule has 1 heterocycles. The molecule has 0 unspecified atom stereocenters. The van der Waals surface area contributed by atoms with Crippen molar-refractivity contribution in [1.82, 2.24) is 5.32 Å². The lowest BCUT2D eigenvalue weighted by Crippen LogP contribution is -2.30. The first-order chi connectivity index (χ1) is 15.3. The number of nitrogens with one attached hydrogen (secondary N) is 1. The van der Waals surface area contributed by atoms with Gasteiger partial charge in [0.25, 0.3) is 5.91 Å². The van der Waals surface area contributed by atoms with Crippen LogP contribution in [0.3, 0.4) is 0 Å². The molecule has 1 N–H and O–H groups in total. The van der Waals surface area contributed by atoms with E-state index in [9.17, 15) is 14.0 Å². The van der Waals surface area contributed by atoms with Gasteiger partial charge in [-0.1, -0.05) is 47.5 Å². The smallest absolute Gasteiger partial charge is 0.333 e. The third-order valence-electron chi connectivity index (χ3n) is 4.61. The van der Waals surface area contributed by atoms with Crippen molar-refractivity contribution in [1.29, 1.82) is 0 Å². The Labute approximate surface area is 201 Å². The first-order valence-electron chi connectivity index (χ1n) is 9.31. The summed E-state index contributed by atoms with van der Waals surface area (Å²) in [5, 5.41) is 3.21. The minimum atomic E-state index is -0.585. The summed E-state index contributed by atoms with van der Waals surface area (Å²) in [7, 11) is 0. The van der Waals surface area contributed by atoms with Gasteiger partial charge in [0.1, 0.15) is 18.1 Å². The minimum Gasteiger partial charge on any atom is -0.486 e. The quantitative estimate of drug-likeness (QED) is 0.297. The Morgan fingerprint density at radius 1 is 1.06 bits per heavy atom. The van der Waals surface area contributed by atoms with Crippen molar-refractivity contribution in [3.63, 3.8) is 0 Å². The number of ether oxygens (including phenoxy) is 1. The van der Waals surface area contributed by atoms with Crippen LogP contribution in [0.4, 0.5) is 14.9 Å². The van der Waals surface area contributed by atoms with E-state index in [0.29, 0.717) is 32.1 Å². The zero-order valence-electron chi connectivity index (χ0n) is 16.2. The van der Waals surface area contributed by atoms with E-state index < -0.39 is 11.9 Å². The van der Waals surface area contributed by atoms with Crippen molar-refractivity contribution < 1.29 is 18.7 Å². The normalized spacial score (nSPS) is 14.8. The van der Waals surface area contributed by atoms with Gasteiger partial charge in [-0.05, 0) is 64.0 Å². The third kappa shape index (κ3) is 4.65. The van der Waals surface area contributed by atoms with Crippen molar-refractivity contribution in [2.45, 2.75) is 6.61 Å². The minimum absolute atomic E-state index is 0.00539. The molecule has 0 spiro atoms. The van der Waals surface area contributed by atoms with Crippen LogP contribution in [-0.2, 0) is 11.4 Å². The third-order valence-corrected chi connectivity index (χ3v) is 5.71. The van der Waals surface area contributed by atoms with Crippen molar-refractivity contribution in [2.75, 3.05) is 4.90 Å². The van der Waals surface area contributed by atoms with Crippen molar-refractivity contribution in [3.8, 4) is 5.75 Å². The Bertz CT molecular complexity index is 1240. The Morgan fingerprint density at radius 3 is 2.56 bits per heavy atom. The molecule has 1 aliphatic heterocycles. The number of amides is 3. The highest BCUT2D eigenvalue weighted by molar-refractivity contribution is 9.10. The van der Waals surface area contributed by atoms with Crippen molar-refractivity contribution >= 4 is 62.8 Å². The molecular formula is C23H14BrCl2FN2O3. The number of carbonyl (C=O) groups is 2. The second kappa shape index (κ2) is 9.32. The average molecular weight is 536 g/mol. The highest BCUT2D eigenvalue weighted by Gasteiger charge is 2.35. The Morgan fingerprint density at radius 2 is 1.84 bits per heavy atom. The first-order valence-corrected chi connectivity index (χ1v) is 10.9. The molecular weight excluding hydrogens is 522 g/mol. The van der Waals surface area contributed by atoms with E-state index in [4.69, 9.17) is 27.9 Å². The van der Waals surface area contributed by atoms with E-state index in [2.05, 4.69) is 21.2 Å². The predicted octanol–water partition coefficient (Wildman–Crippen LogP) is 6.57. The molecule has 3 amide bonds. The number of urea groups is 1. The van der Waals surface area contributed by atoms with Crippen LogP contribution >= 0.6 is 39.1 Å². The van der Waals surface area contributed by atoms with Crippen LogP contribution < -0.4 is 15.0 Å². The summed E-state index contributed by atoms with van der Waals surface area (Å²) >= 11 is 15.7. The van der Waals surface area contributed by atoms with Gasteiger partial charge in [-0.3, -0.25) is 4.79 Å². The molecule has 3 aromatic rings. The standard InChI is InChI=1S/C23H14BrCl2FN2O3/c24-17-8-13(9-18(26)21(17)32-12-14-4-1-2-7-19(14)27)10-20-22(30)29(23(31)28-20)16-6-3-5-15(25)11-16/h1-11H,12H2,(H,28,31)/b20-10+. The molecule has 32 heavy (non-hydrogen) atoms. The maximum Gasteiger partial charge on any atom is 0.333 e. The van der Waals surface area contributed by atoms with Gasteiger partial charge in [-0.15, -0.1) is 0 Å². The summed E-state index contributed by atoms with van der Waals surface area (Å²) in [5.74, 6) is -0.565. The highest BCUT2D eigenvalue weighted by Crippen LogP contribution is 2.36. The molecule has 0 atom stereocenters. The van der Waals surface area contributed by atoms with Gasteiger partial charge >= 0.3 is 6.03 Å². The van der Waals surface area contributed by atoms with Gasteiger partial charge in [-0.2, -0.15) is 0 Å². The molecule has 1 saturated heterocycles. The van der Waals surface area contributed by atoms with Crippen LogP contribution in [0.15, 0.2) is 70.8 Å². The second-order valence-electron chi connectivity index (χ2n) is 6.80. The van der Waals surface area contributed by atoms with Gasteiger partial charge in [0.15, 0.2) is 5.75 Å². The second-order valence-corrected chi connectivity index (χ2v) is 8.50. The zero-order valence-corrected chi connectivity index (χ0v) is 19.3. The van der Waals surface area contributed by atoms with Gasteiger partial charge in [0.2, 0.25) is 0 Å². The highest BCUT2D eigenvalue weighted by atomic mass is 79.9. The first kappa shape index (κ1) is 22.3. The fourth-order valence-electron chi connectivity index (χ4n) is 3.12. The molecule has 3 aromatic carbocycles. The number of imide groups is 1. The number of carbonyl (C=O) groups excluding carboxylic acids is 2. The maximum absolute atomic E-state index is 13.8. The molecule has 0 bridgehead atoms. The molecule has 1 aliphatic rings. The number of hydrogen-bond donors (Lipinski definition) is 1. The van der Waals surface area contributed by atoms with Crippen LogP contribution in [-0.4, -0.2) is 11.9 Å². The zero-order chi connectivity index (χ0) is 22.8. The number of rotatable bonds is 5. The average Bonchev–Trinajstić information content (AvgIpc) is 3.01. The maximum atomic E-state index is 13.8. The van der Waals surface area contributed by atoms with Crippen LogP contribution in [0.2, 0.25) is 10.0 Å². The van der Waals surface area contributed by atoms with Gasteiger partial charge in [0.05, 0.1) is 15.2 Å². The largest absolute Gasteiger partial charge is 0.486 e. The molecule has 0 aliphatic carbocycles. The molecule has 1 fully saturated rings. The summed E-state index contributed by atoms with van der Waals surface area (Å²) in [5.41, 5.74) is 1.39. The topological polar surface area (TPSA) is 58.6 Å².